The SMILES string of the molecule is Cc1ccc(CC2=N[C@H](C)C(=O)NN2)c(F)c1Oc1ccc(C(F)F)c(C#N)c1. The molecule has 1 amide bonds. The van der Waals surface area contributed by atoms with Crippen LogP contribution in [0.5, 0.6) is 11.5 Å². The number of hydrogen-bond acceptors (Lipinski definition) is 5. The number of amides is 1. The number of nitrogens with zero attached hydrogens (tertiary/aromatic N) is 2. The predicted molar refractivity (Wildman–Crippen MR) is 99.2 cm³/mol. The molecule has 1 aliphatic rings. The van der Waals surface area contributed by atoms with Crippen LogP contribution in [0.15, 0.2) is 35.3 Å². The summed E-state index contributed by atoms with van der Waals surface area (Å²) in [5.74, 6) is -0.555. The van der Waals surface area contributed by atoms with Crippen molar-refractivity contribution >= 4 is 11.7 Å². The molecule has 0 saturated carbocycles. The van der Waals surface area contributed by atoms with Crippen LogP contribution in [0.25, 0.3) is 0 Å². The van der Waals surface area contributed by atoms with Gasteiger partial charge in [-0.15, -0.1) is 0 Å². The molecule has 0 fully saturated rings. The summed E-state index contributed by atoms with van der Waals surface area (Å²) < 4.78 is 46.5. The Morgan fingerprint density at radius 2 is 2.03 bits per heavy atom. The van der Waals surface area contributed by atoms with E-state index in [2.05, 4.69) is 15.8 Å². The van der Waals surface area contributed by atoms with Gasteiger partial charge in [0.15, 0.2) is 11.6 Å². The van der Waals surface area contributed by atoms with Gasteiger partial charge < -0.3 is 4.74 Å². The van der Waals surface area contributed by atoms with E-state index in [9.17, 15) is 13.6 Å². The Labute approximate surface area is 165 Å². The van der Waals surface area contributed by atoms with E-state index in [0.717, 1.165) is 12.1 Å². The maximum Gasteiger partial charge on any atom is 0.265 e. The number of aliphatic imine (C=N–C) groups is 1. The van der Waals surface area contributed by atoms with Crippen molar-refractivity contribution in [2.75, 3.05) is 0 Å². The highest BCUT2D eigenvalue weighted by Crippen LogP contribution is 2.33. The van der Waals surface area contributed by atoms with E-state index in [1.165, 1.54) is 6.07 Å². The number of carbonyl (C=O) groups is 1. The molecule has 0 spiro atoms. The lowest BCUT2D eigenvalue weighted by Gasteiger charge is -2.20. The molecule has 1 heterocycles. The van der Waals surface area contributed by atoms with Crippen LogP contribution in [0.1, 0.15) is 35.6 Å². The third-order valence-electron chi connectivity index (χ3n) is 4.39. The molecule has 2 aromatic carbocycles. The molecule has 0 unspecified atom stereocenters. The van der Waals surface area contributed by atoms with Crippen LogP contribution in [-0.4, -0.2) is 17.8 Å². The number of alkyl halides is 2. The van der Waals surface area contributed by atoms with Gasteiger partial charge in [-0.25, -0.2) is 13.2 Å². The van der Waals surface area contributed by atoms with Crippen molar-refractivity contribution in [1.82, 2.24) is 10.9 Å². The zero-order valence-corrected chi connectivity index (χ0v) is 15.6. The molecule has 0 aromatic heterocycles. The number of hydrazine groups is 1. The minimum atomic E-state index is -2.80. The number of carbonyl (C=O) groups excluding carboxylic acids is 1. The van der Waals surface area contributed by atoms with Crippen molar-refractivity contribution in [3.05, 3.63) is 58.4 Å². The first kappa shape index (κ1) is 20.2. The Hall–Kier alpha value is -3.54. The number of nitrogens with one attached hydrogen (secondary N) is 2. The van der Waals surface area contributed by atoms with Crippen LogP contribution >= 0.6 is 0 Å². The number of ether oxygens (including phenoxy) is 1. The number of hydrogen-bond donors (Lipinski definition) is 2. The zero-order chi connectivity index (χ0) is 21.1. The molecule has 0 saturated heterocycles. The van der Waals surface area contributed by atoms with Gasteiger partial charge in [0.1, 0.15) is 17.6 Å². The van der Waals surface area contributed by atoms with Gasteiger partial charge in [-0.1, -0.05) is 12.1 Å². The molecule has 1 atom stereocenters. The van der Waals surface area contributed by atoms with Crippen LogP contribution in [0.3, 0.4) is 0 Å². The van der Waals surface area contributed by atoms with Gasteiger partial charge in [0.05, 0.1) is 11.6 Å². The maximum atomic E-state index is 15.1. The van der Waals surface area contributed by atoms with E-state index in [4.69, 9.17) is 10.00 Å². The van der Waals surface area contributed by atoms with Crippen molar-refractivity contribution in [3.63, 3.8) is 0 Å². The smallest absolute Gasteiger partial charge is 0.265 e. The molecule has 6 nitrogen and oxygen atoms in total. The van der Waals surface area contributed by atoms with E-state index in [1.807, 2.05) is 0 Å². The van der Waals surface area contributed by atoms with Crippen LogP contribution in [-0.2, 0) is 11.2 Å². The van der Waals surface area contributed by atoms with Crippen LogP contribution < -0.4 is 15.6 Å². The summed E-state index contributed by atoms with van der Waals surface area (Å²) in [7, 11) is 0. The van der Waals surface area contributed by atoms with E-state index in [1.54, 1.807) is 32.0 Å². The standard InChI is InChI=1S/C20H17F3N4O2/c1-10-3-4-12(8-16-25-11(2)20(28)27-26-16)17(21)18(10)29-14-5-6-15(19(22)23)13(7-14)9-24/h3-7,11,19H,8H2,1-2H3,(H,25,26)(H,27,28)/t11-/m1/s1. The number of amidine groups is 1. The minimum absolute atomic E-state index is 0.0686. The van der Waals surface area contributed by atoms with Crippen molar-refractivity contribution in [3.8, 4) is 17.6 Å². The first-order chi connectivity index (χ1) is 13.8. The summed E-state index contributed by atoms with van der Waals surface area (Å²) in [5.41, 5.74) is 5.18. The van der Waals surface area contributed by atoms with Crippen LogP contribution in [0.2, 0.25) is 0 Å². The second kappa shape index (κ2) is 8.22. The van der Waals surface area contributed by atoms with E-state index >= 15 is 4.39 Å². The van der Waals surface area contributed by atoms with Gasteiger partial charge in [0.2, 0.25) is 0 Å². The Morgan fingerprint density at radius 1 is 1.28 bits per heavy atom. The second-order valence-corrected chi connectivity index (χ2v) is 6.49. The molecule has 3 rings (SSSR count). The summed E-state index contributed by atoms with van der Waals surface area (Å²) in [6.07, 6.45) is -2.71. The average Bonchev–Trinajstić information content (AvgIpc) is 2.69. The van der Waals surface area contributed by atoms with Gasteiger partial charge in [-0.2, -0.15) is 5.26 Å². The third kappa shape index (κ3) is 4.32. The highest BCUT2D eigenvalue weighted by atomic mass is 19.3. The monoisotopic (exact) mass is 402 g/mol. The van der Waals surface area contributed by atoms with Crippen molar-refractivity contribution in [2.45, 2.75) is 32.7 Å². The predicted octanol–water partition coefficient (Wildman–Crippen LogP) is 3.70. The molecule has 2 N–H and O–H groups in total. The molecular formula is C20H17F3N4O2. The molecule has 0 radical (unpaired) electrons. The van der Waals surface area contributed by atoms with Crippen molar-refractivity contribution < 1.29 is 22.7 Å². The van der Waals surface area contributed by atoms with Crippen molar-refractivity contribution in [2.24, 2.45) is 4.99 Å². The Morgan fingerprint density at radius 3 is 2.69 bits per heavy atom. The average molecular weight is 402 g/mol. The first-order valence-corrected chi connectivity index (χ1v) is 8.70. The fourth-order valence-electron chi connectivity index (χ4n) is 2.79. The van der Waals surface area contributed by atoms with Crippen LogP contribution in [0, 0.1) is 24.1 Å². The summed E-state index contributed by atoms with van der Waals surface area (Å²) >= 11 is 0. The van der Waals surface area contributed by atoms with Gasteiger partial charge in [0, 0.05) is 12.0 Å². The number of rotatable bonds is 5. The maximum absolute atomic E-state index is 15.1. The Kier molecular flexibility index (Phi) is 5.73. The highest BCUT2D eigenvalue weighted by molar-refractivity contribution is 5.94. The van der Waals surface area contributed by atoms with Gasteiger partial charge in [-0.3, -0.25) is 20.6 Å². The van der Waals surface area contributed by atoms with E-state index in [-0.39, 0.29) is 35.0 Å². The lowest BCUT2D eigenvalue weighted by atomic mass is 10.1. The van der Waals surface area contributed by atoms with Gasteiger partial charge in [-0.05, 0) is 43.2 Å². The largest absolute Gasteiger partial charge is 0.454 e. The lowest BCUT2D eigenvalue weighted by molar-refractivity contribution is -0.122. The first-order valence-electron chi connectivity index (χ1n) is 8.70. The minimum Gasteiger partial charge on any atom is -0.454 e. The fraction of sp³-hybridized carbons (Fsp3) is 0.250. The molecule has 0 aliphatic carbocycles. The highest BCUT2D eigenvalue weighted by Gasteiger charge is 2.21. The molecule has 0 bridgehead atoms. The molecule has 150 valence electrons. The molecule has 29 heavy (non-hydrogen) atoms. The number of nitriles is 1. The van der Waals surface area contributed by atoms with Crippen molar-refractivity contribution in [1.29, 1.82) is 5.26 Å². The van der Waals surface area contributed by atoms with E-state index < -0.39 is 23.8 Å². The third-order valence-corrected chi connectivity index (χ3v) is 4.39. The van der Waals surface area contributed by atoms with Crippen LogP contribution in [0.4, 0.5) is 13.2 Å². The number of halogens is 3. The summed E-state index contributed by atoms with van der Waals surface area (Å²) in [4.78, 5) is 15.6. The van der Waals surface area contributed by atoms with Gasteiger partial charge in [0.25, 0.3) is 12.3 Å². The Balaban J connectivity index is 1.89. The fourth-order valence-corrected chi connectivity index (χ4v) is 2.79. The van der Waals surface area contributed by atoms with Gasteiger partial charge >= 0.3 is 0 Å². The normalized spacial score (nSPS) is 16.0. The zero-order valence-electron chi connectivity index (χ0n) is 15.6. The Bertz CT molecular complexity index is 1030. The topological polar surface area (TPSA) is 86.5 Å². The number of aryl methyl sites for hydroxylation is 1. The second-order valence-electron chi connectivity index (χ2n) is 6.49. The summed E-state index contributed by atoms with van der Waals surface area (Å²) in [5, 5.41) is 9.07. The van der Waals surface area contributed by atoms with E-state index in [0.29, 0.717) is 11.4 Å². The number of benzene rings is 2. The summed E-state index contributed by atoms with van der Waals surface area (Å²) in [6.45, 7) is 3.26. The molecule has 9 heteroatoms. The molecular weight excluding hydrogens is 385 g/mol. The molecule has 1 aliphatic heterocycles. The lowest BCUT2D eigenvalue weighted by Crippen LogP contribution is -2.50. The summed E-state index contributed by atoms with van der Waals surface area (Å²) in [6, 6.07) is 7.82. The quantitative estimate of drug-likeness (QED) is 0.799. The molecule has 2 aromatic rings.